The minimum absolute atomic E-state index is 0.134. The molecule has 2 amide bonds. The van der Waals surface area contributed by atoms with Crippen LogP contribution in [0.5, 0.6) is 0 Å². The summed E-state index contributed by atoms with van der Waals surface area (Å²) in [4.78, 5) is 52.4. The molecule has 0 bridgehead atoms. The second kappa shape index (κ2) is 10.7. The van der Waals surface area contributed by atoms with Crippen LogP contribution in [0, 0.1) is 0 Å². The Morgan fingerprint density at radius 1 is 0.676 bits per heavy atom. The van der Waals surface area contributed by atoms with E-state index in [1.165, 1.54) is 9.80 Å². The van der Waals surface area contributed by atoms with Crippen molar-refractivity contribution in [2.24, 2.45) is 0 Å². The molecule has 2 aliphatic rings. The van der Waals surface area contributed by atoms with E-state index in [1.54, 1.807) is 24.3 Å². The van der Waals surface area contributed by atoms with Gasteiger partial charge in [-0.25, -0.2) is 0 Å². The van der Waals surface area contributed by atoms with Gasteiger partial charge in [-0.1, -0.05) is 0 Å². The summed E-state index contributed by atoms with van der Waals surface area (Å²) in [5.74, 6) is -2.48. The van der Waals surface area contributed by atoms with Gasteiger partial charge in [0.2, 0.25) is 0 Å². The molecule has 0 aromatic heterocycles. The van der Waals surface area contributed by atoms with E-state index in [-0.39, 0.29) is 38.1 Å². The van der Waals surface area contributed by atoms with Crippen LogP contribution in [0.15, 0.2) is 48.5 Å². The molecule has 2 atom stereocenters. The first-order valence-electron chi connectivity index (χ1n) is 11.0. The first kappa shape index (κ1) is 24.5. The number of hydrogen-bond acceptors (Lipinski definition) is 4. The Bertz CT molecular complexity index is 1040. The normalized spacial score (nSPS) is 19.9. The van der Waals surface area contributed by atoms with E-state index in [9.17, 15) is 29.4 Å². The molecule has 0 aliphatic carbocycles. The SMILES string of the molecule is O=C(O)[C@H]1CCCN1C(=O)c1ccccc1[Se][Se]c1ccccc1C(=O)N1CCC[C@H]1C(=O)O. The summed E-state index contributed by atoms with van der Waals surface area (Å²) in [7, 11) is 0. The number of carbonyl (C=O) groups excluding carboxylic acids is 2. The van der Waals surface area contributed by atoms with Gasteiger partial charge in [0.15, 0.2) is 0 Å². The van der Waals surface area contributed by atoms with E-state index in [1.807, 2.05) is 24.3 Å². The maximum absolute atomic E-state index is 13.2. The Hall–Kier alpha value is -2.64. The zero-order valence-corrected chi connectivity index (χ0v) is 21.7. The number of benzene rings is 2. The molecule has 8 nitrogen and oxygen atoms in total. The average molecular weight is 594 g/mol. The van der Waals surface area contributed by atoms with Crippen molar-refractivity contribution in [1.82, 2.24) is 9.80 Å². The molecule has 0 radical (unpaired) electrons. The van der Waals surface area contributed by atoms with Gasteiger partial charge in [0, 0.05) is 0 Å². The topological polar surface area (TPSA) is 115 Å². The third-order valence-electron chi connectivity index (χ3n) is 6.05. The third kappa shape index (κ3) is 5.05. The summed E-state index contributed by atoms with van der Waals surface area (Å²) in [6, 6.07) is 13.0. The van der Waals surface area contributed by atoms with Crippen molar-refractivity contribution in [1.29, 1.82) is 0 Å². The Morgan fingerprint density at radius 3 is 1.44 bits per heavy atom. The van der Waals surface area contributed by atoms with E-state index in [0.717, 1.165) is 8.92 Å². The van der Waals surface area contributed by atoms with E-state index in [4.69, 9.17) is 0 Å². The monoisotopic (exact) mass is 596 g/mol. The standard InChI is InChI=1S/C24H24N2O6Se2/c27-21(25-13-5-9-17(25)23(29)30)15-7-1-3-11-19(15)33-34-20-12-4-2-8-16(20)22(28)26-14-6-10-18(26)24(31)32/h1-4,7-8,11-12,17-18H,5-6,9-10,13-14H2,(H,29,30)(H,31,32)/t17-,18+. The van der Waals surface area contributed by atoms with Crippen LogP contribution >= 0.6 is 0 Å². The molecule has 2 aromatic carbocycles. The zero-order valence-electron chi connectivity index (χ0n) is 18.3. The number of carboxylic acids is 2. The van der Waals surface area contributed by atoms with Gasteiger partial charge in [0.1, 0.15) is 0 Å². The van der Waals surface area contributed by atoms with Crippen LogP contribution in [-0.2, 0) is 9.59 Å². The summed E-state index contributed by atoms with van der Waals surface area (Å²) in [6.45, 7) is 0.861. The van der Waals surface area contributed by atoms with Crippen molar-refractivity contribution in [3.8, 4) is 0 Å². The molecule has 0 unspecified atom stereocenters. The fraction of sp³-hybridized carbons (Fsp3) is 0.333. The summed E-state index contributed by atoms with van der Waals surface area (Å²) < 4.78 is 1.76. The third-order valence-corrected chi connectivity index (χ3v) is 13.3. The number of rotatable bonds is 7. The Morgan fingerprint density at radius 2 is 1.06 bits per heavy atom. The number of carboxylic acid groups (broad SMARTS) is 2. The van der Waals surface area contributed by atoms with Crippen molar-refractivity contribution >= 4 is 58.9 Å². The molecule has 2 saturated heterocycles. The molecule has 2 aliphatic heterocycles. The zero-order chi connectivity index (χ0) is 24.2. The number of hydrogen-bond donors (Lipinski definition) is 2. The molecular weight excluding hydrogens is 570 g/mol. The van der Waals surface area contributed by atoms with Crippen LogP contribution in [0.3, 0.4) is 0 Å². The number of aliphatic carboxylic acids is 2. The van der Waals surface area contributed by atoms with Crippen molar-refractivity contribution in [2.45, 2.75) is 37.8 Å². The van der Waals surface area contributed by atoms with Crippen LogP contribution in [0.4, 0.5) is 0 Å². The summed E-state index contributed by atoms with van der Waals surface area (Å²) in [6.07, 6.45) is 2.26. The number of likely N-dealkylation sites (tertiary alicyclic amines) is 2. The molecule has 2 aromatic rings. The summed E-state index contributed by atoms with van der Waals surface area (Å²) in [5.41, 5.74) is 1.04. The van der Waals surface area contributed by atoms with Crippen molar-refractivity contribution < 1.29 is 29.4 Å². The summed E-state index contributed by atoms with van der Waals surface area (Å²) >= 11 is -0.267. The quantitative estimate of drug-likeness (QED) is 0.447. The predicted molar refractivity (Wildman–Crippen MR) is 127 cm³/mol. The van der Waals surface area contributed by atoms with Gasteiger partial charge in [-0.15, -0.1) is 0 Å². The average Bonchev–Trinajstić information content (AvgIpc) is 3.52. The van der Waals surface area contributed by atoms with Gasteiger partial charge in [-0.05, 0) is 0 Å². The second-order valence-corrected chi connectivity index (χ2v) is 14.3. The number of nitrogens with zero attached hydrogens (tertiary/aromatic N) is 2. The molecule has 10 heteroatoms. The molecule has 2 N–H and O–H groups in total. The van der Waals surface area contributed by atoms with Crippen molar-refractivity contribution in [3.63, 3.8) is 0 Å². The first-order chi connectivity index (χ1) is 16.4. The van der Waals surface area contributed by atoms with Crippen molar-refractivity contribution in [3.05, 3.63) is 59.7 Å². The predicted octanol–water partition coefficient (Wildman–Crippen LogP) is 0.339. The van der Waals surface area contributed by atoms with Gasteiger partial charge in [0.05, 0.1) is 0 Å². The summed E-state index contributed by atoms with van der Waals surface area (Å²) in [5, 5.41) is 18.9. The maximum atomic E-state index is 13.2. The molecule has 0 saturated carbocycles. The molecular formula is C24H24N2O6Se2. The van der Waals surface area contributed by atoms with Crippen LogP contribution in [-0.4, -0.2) is 95.2 Å². The van der Waals surface area contributed by atoms with Crippen molar-refractivity contribution in [2.75, 3.05) is 13.1 Å². The van der Waals surface area contributed by atoms with Crippen LogP contribution in [0.1, 0.15) is 46.4 Å². The van der Waals surface area contributed by atoms with E-state index in [0.29, 0.717) is 49.9 Å². The minimum atomic E-state index is -0.980. The van der Waals surface area contributed by atoms with Crippen LogP contribution in [0.2, 0.25) is 0 Å². The molecule has 0 spiro atoms. The fourth-order valence-corrected chi connectivity index (χ4v) is 11.5. The molecule has 178 valence electrons. The van der Waals surface area contributed by atoms with Gasteiger partial charge in [-0.2, -0.15) is 0 Å². The van der Waals surface area contributed by atoms with Crippen LogP contribution < -0.4 is 8.92 Å². The van der Waals surface area contributed by atoms with E-state index < -0.39 is 24.0 Å². The molecule has 2 heterocycles. The Balaban J connectivity index is 1.54. The van der Waals surface area contributed by atoms with Crippen LogP contribution in [0.25, 0.3) is 0 Å². The second-order valence-electron chi connectivity index (χ2n) is 8.15. The van der Waals surface area contributed by atoms with Gasteiger partial charge < -0.3 is 0 Å². The van der Waals surface area contributed by atoms with Gasteiger partial charge in [-0.3, -0.25) is 0 Å². The Kier molecular flexibility index (Phi) is 7.73. The number of amides is 2. The van der Waals surface area contributed by atoms with Gasteiger partial charge in [0.25, 0.3) is 0 Å². The Labute approximate surface area is 208 Å². The van der Waals surface area contributed by atoms with E-state index >= 15 is 0 Å². The molecule has 4 rings (SSSR count). The molecule has 34 heavy (non-hydrogen) atoms. The number of carbonyl (C=O) groups is 4. The van der Waals surface area contributed by atoms with E-state index in [2.05, 4.69) is 0 Å². The fourth-order valence-electron chi connectivity index (χ4n) is 4.36. The first-order valence-corrected chi connectivity index (χ1v) is 17.0. The molecule has 2 fully saturated rings. The van der Waals surface area contributed by atoms with Gasteiger partial charge >= 0.3 is 209 Å².